The fraction of sp³-hybridized carbons (Fsp3) is 0.211. The number of halogens is 1. The fourth-order valence-electron chi connectivity index (χ4n) is 2.82. The molecular formula is C19H16BrN3O4S. The van der Waals surface area contributed by atoms with Gasteiger partial charge >= 0.3 is 5.97 Å². The summed E-state index contributed by atoms with van der Waals surface area (Å²) in [5, 5.41) is 10.00. The van der Waals surface area contributed by atoms with Crippen molar-refractivity contribution < 1.29 is 18.4 Å². The predicted molar refractivity (Wildman–Crippen MR) is 108 cm³/mol. The molecule has 0 bridgehead atoms. The van der Waals surface area contributed by atoms with Crippen molar-refractivity contribution in [2.45, 2.75) is 17.8 Å². The molecule has 0 aliphatic rings. The number of ether oxygens (including phenoxy) is 1. The molecule has 0 fully saturated rings. The van der Waals surface area contributed by atoms with Crippen LogP contribution in [0.25, 0.3) is 22.6 Å². The normalized spacial score (nSPS) is 11.2. The van der Waals surface area contributed by atoms with Crippen LogP contribution in [0.5, 0.6) is 0 Å². The number of nitrogens with zero attached hydrogens (tertiary/aromatic N) is 3. The quantitative estimate of drug-likeness (QED) is 0.293. The number of furan rings is 2. The van der Waals surface area contributed by atoms with Crippen molar-refractivity contribution in [2.75, 3.05) is 6.61 Å². The highest BCUT2D eigenvalue weighted by molar-refractivity contribution is 9.10. The molecule has 0 saturated heterocycles. The highest BCUT2D eigenvalue weighted by Crippen LogP contribution is 2.34. The fourth-order valence-corrected chi connectivity index (χ4v) is 4.12. The van der Waals surface area contributed by atoms with Crippen LogP contribution in [0.15, 0.2) is 55.1 Å². The molecule has 0 N–H and O–H groups in total. The van der Waals surface area contributed by atoms with Gasteiger partial charge in [-0.3, -0.25) is 0 Å². The first kappa shape index (κ1) is 18.8. The lowest BCUT2D eigenvalue weighted by Crippen LogP contribution is -2.06. The molecule has 0 radical (unpaired) electrons. The lowest BCUT2D eigenvalue weighted by Gasteiger charge is -2.04. The van der Waals surface area contributed by atoms with Crippen LogP contribution in [0, 0.1) is 0 Å². The molecule has 7 nitrogen and oxygen atoms in total. The van der Waals surface area contributed by atoms with Gasteiger partial charge in [0.1, 0.15) is 5.58 Å². The van der Waals surface area contributed by atoms with E-state index in [-0.39, 0.29) is 12.4 Å². The summed E-state index contributed by atoms with van der Waals surface area (Å²) in [5.41, 5.74) is 1.40. The Morgan fingerprint density at radius 3 is 2.93 bits per heavy atom. The smallest absolute Gasteiger partial charge is 0.374 e. The Kier molecular flexibility index (Phi) is 5.27. The van der Waals surface area contributed by atoms with Crippen LogP contribution in [0.3, 0.4) is 0 Å². The minimum Gasteiger partial charge on any atom is -0.461 e. The standard InChI is InChI=1S/C19H16BrN3O4S/c1-3-25-18(24)16-13(12-9-11(20)6-7-14(12)27-16)10-28-19-22-21-17(23(19)2)15-5-4-8-26-15/h4-9H,3,10H2,1-2H3. The maximum Gasteiger partial charge on any atom is 0.374 e. The van der Waals surface area contributed by atoms with Gasteiger partial charge in [-0.2, -0.15) is 0 Å². The van der Waals surface area contributed by atoms with E-state index in [0.717, 1.165) is 15.4 Å². The van der Waals surface area contributed by atoms with Crippen LogP contribution in [0.4, 0.5) is 0 Å². The van der Waals surface area contributed by atoms with Gasteiger partial charge in [0.2, 0.25) is 5.76 Å². The number of thioether (sulfide) groups is 1. The minimum atomic E-state index is -0.473. The summed E-state index contributed by atoms with van der Waals surface area (Å²) in [5.74, 6) is 1.50. The van der Waals surface area contributed by atoms with Crippen LogP contribution in [-0.4, -0.2) is 27.3 Å². The Morgan fingerprint density at radius 1 is 1.32 bits per heavy atom. The van der Waals surface area contributed by atoms with Crippen molar-refractivity contribution in [3.05, 3.63) is 52.4 Å². The van der Waals surface area contributed by atoms with E-state index in [1.807, 2.05) is 35.9 Å². The van der Waals surface area contributed by atoms with E-state index in [0.29, 0.717) is 28.1 Å². The molecule has 4 aromatic rings. The summed E-state index contributed by atoms with van der Waals surface area (Å²) in [4.78, 5) is 12.4. The minimum absolute atomic E-state index is 0.218. The average Bonchev–Trinajstić information content (AvgIpc) is 3.39. The number of carbonyl (C=O) groups is 1. The molecule has 4 rings (SSSR count). The molecule has 0 unspecified atom stereocenters. The maximum atomic E-state index is 12.4. The van der Waals surface area contributed by atoms with Crippen molar-refractivity contribution >= 4 is 44.6 Å². The summed E-state index contributed by atoms with van der Waals surface area (Å²) >= 11 is 4.93. The van der Waals surface area contributed by atoms with Gasteiger partial charge < -0.3 is 18.1 Å². The third kappa shape index (κ3) is 3.47. The highest BCUT2D eigenvalue weighted by atomic mass is 79.9. The summed E-state index contributed by atoms with van der Waals surface area (Å²) in [6.07, 6.45) is 1.60. The second kappa shape index (κ2) is 7.84. The average molecular weight is 462 g/mol. The van der Waals surface area contributed by atoms with E-state index in [1.54, 1.807) is 19.3 Å². The van der Waals surface area contributed by atoms with Crippen LogP contribution < -0.4 is 0 Å². The number of aromatic nitrogens is 3. The Bertz CT molecular complexity index is 1130. The van der Waals surface area contributed by atoms with Gasteiger partial charge in [0, 0.05) is 28.2 Å². The van der Waals surface area contributed by atoms with E-state index >= 15 is 0 Å². The van der Waals surface area contributed by atoms with Crippen molar-refractivity contribution in [1.29, 1.82) is 0 Å². The number of carbonyl (C=O) groups excluding carboxylic acids is 1. The zero-order valence-corrected chi connectivity index (χ0v) is 17.5. The molecular weight excluding hydrogens is 446 g/mol. The maximum absolute atomic E-state index is 12.4. The largest absolute Gasteiger partial charge is 0.461 e. The monoisotopic (exact) mass is 461 g/mol. The summed E-state index contributed by atoms with van der Waals surface area (Å²) in [6.45, 7) is 2.04. The third-order valence-corrected chi connectivity index (χ3v) is 5.68. The van der Waals surface area contributed by atoms with Gasteiger partial charge in [-0.1, -0.05) is 27.7 Å². The molecule has 0 spiro atoms. The van der Waals surface area contributed by atoms with E-state index in [9.17, 15) is 4.79 Å². The SMILES string of the molecule is CCOC(=O)c1oc2ccc(Br)cc2c1CSc1nnc(-c2ccco2)n1C. The topological polar surface area (TPSA) is 83.3 Å². The number of fused-ring (bicyclic) bond motifs is 1. The van der Waals surface area contributed by atoms with Gasteiger partial charge in [-0.25, -0.2) is 4.79 Å². The summed E-state index contributed by atoms with van der Waals surface area (Å²) < 4.78 is 19.1. The van der Waals surface area contributed by atoms with Crippen LogP contribution in [0.2, 0.25) is 0 Å². The Labute approximate surface area is 173 Å². The number of benzene rings is 1. The lowest BCUT2D eigenvalue weighted by molar-refractivity contribution is 0.0491. The number of hydrogen-bond acceptors (Lipinski definition) is 7. The Hall–Kier alpha value is -2.52. The molecule has 0 aliphatic heterocycles. The van der Waals surface area contributed by atoms with Gasteiger partial charge in [-0.15, -0.1) is 10.2 Å². The Morgan fingerprint density at radius 2 is 2.18 bits per heavy atom. The van der Waals surface area contributed by atoms with E-state index in [4.69, 9.17) is 13.6 Å². The number of hydrogen-bond donors (Lipinski definition) is 0. The van der Waals surface area contributed by atoms with Gasteiger partial charge in [0.15, 0.2) is 16.7 Å². The van der Waals surface area contributed by atoms with Crippen molar-refractivity contribution in [1.82, 2.24) is 14.8 Å². The predicted octanol–water partition coefficient (Wildman–Crippen LogP) is 5.05. The van der Waals surface area contributed by atoms with E-state index in [1.165, 1.54) is 11.8 Å². The first-order valence-corrected chi connectivity index (χ1v) is 10.3. The number of rotatable bonds is 6. The Balaban J connectivity index is 1.67. The summed E-state index contributed by atoms with van der Waals surface area (Å²) in [6, 6.07) is 9.27. The van der Waals surface area contributed by atoms with E-state index in [2.05, 4.69) is 26.1 Å². The molecule has 3 heterocycles. The van der Waals surface area contributed by atoms with Gasteiger partial charge in [0.05, 0.1) is 12.9 Å². The molecule has 28 heavy (non-hydrogen) atoms. The zero-order valence-electron chi connectivity index (χ0n) is 15.1. The van der Waals surface area contributed by atoms with Crippen LogP contribution in [0.1, 0.15) is 23.0 Å². The lowest BCUT2D eigenvalue weighted by atomic mass is 10.1. The van der Waals surface area contributed by atoms with Crippen molar-refractivity contribution in [3.8, 4) is 11.6 Å². The molecule has 0 saturated carbocycles. The molecule has 9 heteroatoms. The van der Waals surface area contributed by atoms with Gasteiger partial charge in [-0.05, 0) is 37.3 Å². The molecule has 0 amide bonds. The van der Waals surface area contributed by atoms with Crippen LogP contribution >= 0.6 is 27.7 Å². The zero-order chi connectivity index (χ0) is 19.7. The first-order valence-electron chi connectivity index (χ1n) is 8.52. The first-order chi connectivity index (χ1) is 13.6. The van der Waals surface area contributed by atoms with Crippen molar-refractivity contribution in [3.63, 3.8) is 0 Å². The highest BCUT2D eigenvalue weighted by Gasteiger charge is 2.23. The molecule has 1 aromatic carbocycles. The molecule has 0 aliphatic carbocycles. The molecule has 144 valence electrons. The number of esters is 1. The van der Waals surface area contributed by atoms with E-state index < -0.39 is 5.97 Å². The molecule has 3 aromatic heterocycles. The molecule has 0 atom stereocenters. The second-order valence-electron chi connectivity index (χ2n) is 5.90. The third-order valence-electron chi connectivity index (χ3n) is 4.14. The summed E-state index contributed by atoms with van der Waals surface area (Å²) in [7, 11) is 1.87. The van der Waals surface area contributed by atoms with Crippen LogP contribution in [-0.2, 0) is 17.5 Å². The second-order valence-corrected chi connectivity index (χ2v) is 7.76. The van der Waals surface area contributed by atoms with Crippen molar-refractivity contribution in [2.24, 2.45) is 7.05 Å². The van der Waals surface area contributed by atoms with Gasteiger partial charge in [0.25, 0.3) is 0 Å².